The average Bonchev–Trinajstić information content (AvgIpc) is 2.63. The third-order valence-corrected chi connectivity index (χ3v) is 3.89. The minimum absolute atomic E-state index is 0.708. The lowest BCUT2D eigenvalue weighted by Crippen LogP contribution is -2.17. The Labute approximate surface area is 105 Å². The van der Waals surface area contributed by atoms with Crippen LogP contribution in [0.5, 0.6) is 0 Å². The van der Waals surface area contributed by atoms with Gasteiger partial charge in [-0.3, -0.25) is 0 Å². The Hall–Kier alpha value is -0.770. The number of nitrogen functional groups attached to an aromatic ring is 1. The van der Waals surface area contributed by atoms with E-state index in [1.54, 1.807) is 6.20 Å². The van der Waals surface area contributed by atoms with E-state index in [-0.39, 0.29) is 0 Å². The van der Waals surface area contributed by atoms with Crippen LogP contribution in [0.25, 0.3) is 0 Å². The van der Waals surface area contributed by atoms with E-state index in [1.807, 2.05) is 6.07 Å². The van der Waals surface area contributed by atoms with Crippen LogP contribution in [0.15, 0.2) is 16.7 Å². The van der Waals surface area contributed by atoms with Crippen LogP contribution in [0.2, 0.25) is 0 Å². The first-order valence-corrected chi connectivity index (χ1v) is 6.61. The maximum absolute atomic E-state index is 5.89. The van der Waals surface area contributed by atoms with Crippen LogP contribution in [-0.2, 0) is 0 Å². The number of nitrogens with one attached hydrogen (secondary N) is 1. The molecule has 1 fully saturated rings. The van der Waals surface area contributed by atoms with Gasteiger partial charge in [-0.15, -0.1) is 0 Å². The summed E-state index contributed by atoms with van der Waals surface area (Å²) in [5.74, 6) is 2.40. The molecule has 2 unspecified atom stereocenters. The lowest BCUT2D eigenvalue weighted by molar-refractivity contribution is 0.439. The van der Waals surface area contributed by atoms with Gasteiger partial charge in [0.15, 0.2) is 0 Å². The molecule has 0 bridgehead atoms. The number of nitrogens with two attached hydrogens (primary N) is 1. The zero-order chi connectivity index (χ0) is 11.5. The fourth-order valence-electron chi connectivity index (χ4n) is 2.36. The van der Waals surface area contributed by atoms with Crippen molar-refractivity contribution in [2.75, 3.05) is 17.6 Å². The molecule has 0 saturated heterocycles. The van der Waals surface area contributed by atoms with Gasteiger partial charge in [0.1, 0.15) is 5.82 Å². The fourth-order valence-corrected chi connectivity index (χ4v) is 2.70. The maximum Gasteiger partial charge on any atom is 0.149 e. The fraction of sp³-hybridized carbons (Fsp3) is 0.583. The SMILES string of the molecule is CC1CCCC1CNc1ncc(Br)cc1N. The largest absolute Gasteiger partial charge is 0.396 e. The molecule has 1 aliphatic carbocycles. The molecule has 3 nitrogen and oxygen atoms in total. The second-order valence-electron chi connectivity index (χ2n) is 4.64. The topological polar surface area (TPSA) is 50.9 Å². The van der Waals surface area contributed by atoms with Crippen molar-refractivity contribution < 1.29 is 0 Å². The Morgan fingerprint density at radius 1 is 1.56 bits per heavy atom. The molecule has 1 aromatic rings. The number of halogens is 1. The van der Waals surface area contributed by atoms with E-state index in [4.69, 9.17) is 5.73 Å². The van der Waals surface area contributed by atoms with Crippen LogP contribution >= 0.6 is 15.9 Å². The van der Waals surface area contributed by atoms with Crippen molar-refractivity contribution in [3.63, 3.8) is 0 Å². The molecule has 0 spiro atoms. The average molecular weight is 284 g/mol. The van der Waals surface area contributed by atoms with Gasteiger partial charge in [-0.2, -0.15) is 0 Å². The van der Waals surface area contributed by atoms with Gasteiger partial charge < -0.3 is 11.1 Å². The van der Waals surface area contributed by atoms with E-state index in [2.05, 4.69) is 33.2 Å². The van der Waals surface area contributed by atoms with E-state index in [1.165, 1.54) is 19.3 Å². The molecule has 1 aromatic heterocycles. The van der Waals surface area contributed by atoms with E-state index >= 15 is 0 Å². The summed E-state index contributed by atoms with van der Waals surface area (Å²) < 4.78 is 0.921. The molecule has 3 N–H and O–H groups in total. The van der Waals surface area contributed by atoms with Crippen molar-refractivity contribution >= 4 is 27.4 Å². The number of anilines is 2. The second kappa shape index (κ2) is 5.04. The highest BCUT2D eigenvalue weighted by Gasteiger charge is 2.23. The standard InChI is InChI=1S/C12H18BrN3/c1-8-3-2-4-9(8)6-15-12-11(14)5-10(13)7-16-12/h5,7-9H,2-4,6,14H2,1H3,(H,15,16). The third-order valence-electron chi connectivity index (χ3n) is 3.45. The summed E-state index contributed by atoms with van der Waals surface area (Å²) in [7, 11) is 0. The Balaban J connectivity index is 1.94. The molecule has 0 aromatic carbocycles. The molecule has 2 rings (SSSR count). The summed E-state index contributed by atoms with van der Waals surface area (Å²) >= 11 is 3.35. The quantitative estimate of drug-likeness (QED) is 0.895. The molecule has 88 valence electrons. The van der Waals surface area contributed by atoms with E-state index in [0.29, 0.717) is 5.69 Å². The second-order valence-corrected chi connectivity index (χ2v) is 5.56. The first-order chi connectivity index (χ1) is 7.66. The molecule has 0 aliphatic heterocycles. The van der Waals surface area contributed by atoms with Crippen molar-refractivity contribution in [1.82, 2.24) is 4.98 Å². The number of pyridine rings is 1. The monoisotopic (exact) mass is 283 g/mol. The van der Waals surface area contributed by atoms with Crippen LogP contribution in [0.1, 0.15) is 26.2 Å². The van der Waals surface area contributed by atoms with Gasteiger partial charge in [-0.05, 0) is 40.3 Å². The zero-order valence-electron chi connectivity index (χ0n) is 9.54. The number of nitrogens with zero attached hydrogens (tertiary/aromatic N) is 1. The zero-order valence-corrected chi connectivity index (χ0v) is 11.1. The van der Waals surface area contributed by atoms with Crippen LogP contribution in [0, 0.1) is 11.8 Å². The van der Waals surface area contributed by atoms with Gasteiger partial charge in [-0.25, -0.2) is 4.98 Å². The number of hydrogen-bond donors (Lipinski definition) is 2. The minimum atomic E-state index is 0.708. The molecule has 1 heterocycles. The van der Waals surface area contributed by atoms with Crippen molar-refractivity contribution in [2.24, 2.45) is 11.8 Å². The lowest BCUT2D eigenvalue weighted by atomic mass is 9.98. The Morgan fingerprint density at radius 2 is 2.38 bits per heavy atom. The molecule has 4 heteroatoms. The molecule has 2 atom stereocenters. The highest BCUT2D eigenvalue weighted by Crippen LogP contribution is 2.31. The van der Waals surface area contributed by atoms with Crippen molar-refractivity contribution in [1.29, 1.82) is 0 Å². The van der Waals surface area contributed by atoms with Crippen molar-refractivity contribution in [3.05, 3.63) is 16.7 Å². The number of aromatic nitrogens is 1. The summed E-state index contributed by atoms with van der Waals surface area (Å²) in [6.45, 7) is 3.32. The predicted molar refractivity (Wildman–Crippen MR) is 71.3 cm³/mol. The highest BCUT2D eigenvalue weighted by atomic mass is 79.9. The van der Waals surface area contributed by atoms with Crippen LogP contribution in [0.3, 0.4) is 0 Å². The Morgan fingerprint density at radius 3 is 3.00 bits per heavy atom. The van der Waals surface area contributed by atoms with E-state index < -0.39 is 0 Å². The van der Waals surface area contributed by atoms with Gasteiger partial charge in [0.05, 0.1) is 5.69 Å². The molecule has 0 amide bonds. The van der Waals surface area contributed by atoms with Crippen LogP contribution in [-0.4, -0.2) is 11.5 Å². The molecular weight excluding hydrogens is 266 g/mol. The van der Waals surface area contributed by atoms with Gasteiger partial charge in [-0.1, -0.05) is 19.8 Å². The van der Waals surface area contributed by atoms with E-state index in [9.17, 15) is 0 Å². The van der Waals surface area contributed by atoms with Crippen molar-refractivity contribution in [3.8, 4) is 0 Å². The molecule has 1 saturated carbocycles. The molecule has 0 radical (unpaired) electrons. The summed E-state index contributed by atoms with van der Waals surface area (Å²) in [6, 6.07) is 1.88. The number of hydrogen-bond acceptors (Lipinski definition) is 3. The molecule has 1 aliphatic rings. The van der Waals surface area contributed by atoms with Gasteiger partial charge in [0.2, 0.25) is 0 Å². The minimum Gasteiger partial charge on any atom is -0.396 e. The summed E-state index contributed by atoms with van der Waals surface area (Å²) in [4.78, 5) is 4.28. The van der Waals surface area contributed by atoms with Gasteiger partial charge in [0.25, 0.3) is 0 Å². The summed E-state index contributed by atoms with van der Waals surface area (Å²) in [6.07, 6.45) is 5.81. The molecule has 16 heavy (non-hydrogen) atoms. The van der Waals surface area contributed by atoms with Gasteiger partial charge >= 0.3 is 0 Å². The normalized spacial score (nSPS) is 24.6. The van der Waals surface area contributed by atoms with Gasteiger partial charge in [0, 0.05) is 17.2 Å². The first-order valence-electron chi connectivity index (χ1n) is 5.81. The maximum atomic E-state index is 5.89. The smallest absolute Gasteiger partial charge is 0.149 e. The summed E-state index contributed by atoms with van der Waals surface area (Å²) in [5.41, 5.74) is 6.59. The Kier molecular flexibility index (Phi) is 3.69. The first kappa shape index (κ1) is 11.7. The van der Waals surface area contributed by atoms with Crippen molar-refractivity contribution in [2.45, 2.75) is 26.2 Å². The Bertz CT molecular complexity index is 367. The predicted octanol–water partition coefficient (Wildman–Crippen LogP) is 3.27. The molecular formula is C12H18BrN3. The summed E-state index contributed by atoms with van der Waals surface area (Å²) in [5, 5.41) is 3.36. The number of rotatable bonds is 3. The lowest BCUT2D eigenvalue weighted by Gasteiger charge is -2.17. The third kappa shape index (κ3) is 2.67. The van der Waals surface area contributed by atoms with E-state index in [0.717, 1.165) is 28.7 Å². The highest BCUT2D eigenvalue weighted by molar-refractivity contribution is 9.10. The van der Waals surface area contributed by atoms with Crippen LogP contribution < -0.4 is 11.1 Å². The van der Waals surface area contributed by atoms with Crippen LogP contribution in [0.4, 0.5) is 11.5 Å².